The molecular formula is C9H18N2O. The smallest absolute Gasteiger partial charge is 0.245 e. The predicted octanol–water partition coefficient (Wildman–Crippen LogP) is 1.93. The summed E-state index contributed by atoms with van der Waals surface area (Å²) in [6, 6.07) is 0. The third-order valence-electron chi connectivity index (χ3n) is 1.54. The SMILES string of the molecule is CCC(C)=NNC(=O)C(C)(C)C. The second kappa shape index (κ2) is 4.24. The molecule has 3 heteroatoms. The van der Waals surface area contributed by atoms with Gasteiger partial charge >= 0.3 is 0 Å². The maximum Gasteiger partial charge on any atom is 0.245 e. The largest absolute Gasteiger partial charge is 0.273 e. The van der Waals surface area contributed by atoms with Gasteiger partial charge in [-0.3, -0.25) is 4.79 Å². The van der Waals surface area contributed by atoms with Gasteiger partial charge in [0.25, 0.3) is 0 Å². The minimum atomic E-state index is -0.364. The molecule has 0 atom stereocenters. The van der Waals surface area contributed by atoms with E-state index < -0.39 is 0 Å². The van der Waals surface area contributed by atoms with E-state index in [0.29, 0.717) is 0 Å². The van der Waals surface area contributed by atoms with Gasteiger partial charge in [0.15, 0.2) is 0 Å². The summed E-state index contributed by atoms with van der Waals surface area (Å²) in [5, 5.41) is 3.93. The van der Waals surface area contributed by atoms with Crippen LogP contribution in [0.4, 0.5) is 0 Å². The molecule has 0 bridgehead atoms. The standard InChI is InChI=1S/C9H18N2O/c1-6-7(2)10-11-8(12)9(3,4)5/h6H2,1-5H3,(H,11,12). The molecule has 0 aliphatic heterocycles. The molecule has 0 fully saturated rings. The van der Waals surface area contributed by atoms with E-state index in [1.807, 2.05) is 34.6 Å². The van der Waals surface area contributed by atoms with Crippen molar-refractivity contribution >= 4 is 11.6 Å². The first-order valence-electron chi connectivity index (χ1n) is 4.21. The number of nitrogens with one attached hydrogen (secondary N) is 1. The highest BCUT2D eigenvalue weighted by Gasteiger charge is 2.20. The van der Waals surface area contributed by atoms with Crippen LogP contribution < -0.4 is 5.43 Å². The van der Waals surface area contributed by atoms with E-state index in [1.165, 1.54) is 0 Å². The zero-order chi connectivity index (χ0) is 9.78. The zero-order valence-electron chi connectivity index (χ0n) is 8.56. The summed E-state index contributed by atoms with van der Waals surface area (Å²) in [6.07, 6.45) is 0.865. The Morgan fingerprint density at radius 1 is 1.42 bits per heavy atom. The lowest BCUT2D eigenvalue weighted by atomic mass is 9.96. The normalized spacial score (nSPS) is 12.9. The molecule has 0 saturated heterocycles. The molecule has 0 rings (SSSR count). The van der Waals surface area contributed by atoms with Crippen LogP contribution in [-0.4, -0.2) is 11.6 Å². The minimum Gasteiger partial charge on any atom is -0.273 e. The minimum absolute atomic E-state index is 0.0460. The summed E-state index contributed by atoms with van der Waals surface area (Å²) in [7, 11) is 0. The molecule has 0 saturated carbocycles. The molecule has 70 valence electrons. The van der Waals surface area contributed by atoms with Gasteiger partial charge in [-0.15, -0.1) is 0 Å². The van der Waals surface area contributed by atoms with Crippen LogP contribution in [0.1, 0.15) is 41.0 Å². The van der Waals surface area contributed by atoms with E-state index in [0.717, 1.165) is 12.1 Å². The number of nitrogens with zero attached hydrogens (tertiary/aromatic N) is 1. The molecule has 0 radical (unpaired) electrons. The summed E-state index contributed by atoms with van der Waals surface area (Å²) in [6.45, 7) is 9.47. The molecule has 12 heavy (non-hydrogen) atoms. The lowest BCUT2D eigenvalue weighted by molar-refractivity contribution is -0.128. The van der Waals surface area contributed by atoms with Gasteiger partial charge in [0.05, 0.1) is 0 Å². The lowest BCUT2D eigenvalue weighted by Crippen LogP contribution is -2.31. The van der Waals surface area contributed by atoms with Crippen LogP contribution in [0.15, 0.2) is 5.10 Å². The Kier molecular flexibility index (Phi) is 3.93. The van der Waals surface area contributed by atoms with E-state index in [1.54, 1.807) is 0 Å². The van der Waals surface area contributed by atoms with Gasteiger partial charge in [0.1, 0.15) is 0 Å². The van der Waals surface area contributed by atoms with Gasteiger partial charge in [0.2, 0.25) is 5.91 Å². The van der Waals surface area contributed by atoms with Gasteiger partial charge < -0.3 is 0 Å². The predicted molar refractivity (Wildman–Crippen MR) is 51.0 cm³/mol. The average molecular weight is 170 g/mol. The lowest BCUT2D eigenvalue weighted by Gasteiger charge is -2.15. The molecule has 0 aromatic carbocycles. The quantitative estimate of drug-likeness (QED) is 0.499. The molecule has 0 unspecified atom stereocenters. The Hall–Kier alpha value is -0.860. The van der Waals surface area contributed by atoms with Crippen molar-refractivity contribution in [1.82, 2.24) is 5.43 Å². The fourth-order valence-electron chi connectivity index (χ4n) is 0.393. The van der Waals surface area contributed by atoms with E-state index in [4.69, 9.17) is 0 Å². The fourth-order valence-corrected chi connectivity index (χ4v) is 0.393. The van der Waals surface area contributed by atoms with Crippen molar-refractivity contribution in [2.75, 3.05) is 0 Å². The third kappa shape index (κ3) is 4.11. The van der Waals surface area contributed by atoms with E-state index >= 15 is 0 Å². The second-order valence-electron chi connectivity index (χ2n) is 3.89. The van der Waals surface area contributed by atoms with Crippen LogP contribution in [0.5, 0.6) is 0 Å². The summed E-state index contributed by atoms with van der Waals surface area (Å²) in [4.78, 5) is 11.3. The third-order valence-corrected chi connectivity index (χ3v) is 1.54. The Morgan fingerprint density at radius 3 is 2.25 bits per heavy atom. The van der Waals surface area contributed by atoms with Crippen molar-refractivity contribution < 1.29 is 4.79 Å². The molecular weight excluding hydrogens is 152 g/mol. The van der Waals surface area contributed by atoms with Gasteiger partial charge in [-0.1, -0.05) is 27.7 Å². The Balaban J connectivity index is 4.04. The van der Waals surface area contributed by atoms with Crippen molar-refractivity contribution in [3.8, 4) is 0 Å². The van der Waals surface area contributed by atoms with Crippen molar-refractivity contribution in [2.24, 2.45) is 10.5 Å². The Bertz CT molecular complexity index is 189. The molecule has 0 aliphatic rings. The molecule has 3 nitrogen and oxygen atoms in total. The average Bonchev–Trinajstić information content (AvgIpc) is 1.97. The number of carbonyl (C=O) groups is 1. The van der Waals surface area contributed by atoms with Crippen LogP contribution in [0, 0.1) is 5.41 Å². The second-order valence-corrected chi connectivity index (χ2v) is 3.89. The maximum atomic E-state index is 11.3. The summed E-state index contributed by atoms with van der Waals surface area (Å²) in [5.41, 5.74) is 3.10. The first kappa shape index (κ1) is 11.1. The zero-order valence-corrected chi connectivity index (χ0v) is 8.56. The van der Waals surface area contributed by atoms with Crippen molar-refractivity contribution in [3.63, 3.8) is 0 Å². The van der Waals surface area contributed by atoms with Crippen LogP contribution in [0.25, 0.3) is 0 Å². The fraction of sp³-hybridized carbons (Fsp3) is 0.778. The highest BCUT2D eigenvalue weighted by molar-refractivity contribution is 5.85. The van der Waals surface area contributed by atoms with E-state index in [-0.39, 0.29) is 11.3 Å². The molecule has 0 spiro atoms. The monoisotopic (exact) mass is 170 g/mol. The number of carbonyl (C=O) groups excluding carboxylic acids is 1. The van der Waals surface area contributed by atoms with E-state index in [2.05, 4.69) is 10.5 Å². The highest BCUT2D eigenvalue weighted by atomic mass is 16.2. The van der Waals surface area contributed by atoms with Crippen molar-refractivity contribution in [3.05, 3.63) is 0 Å². The van der Waals surface area contributed by atoms with Crippen LogP contribution in [-0.2, 0) is 4.79 Å². The molecule has 1 amide bonds. The molecule has 0 aromatic heterocycles. The topological polar surface area (TPSA) is 41.5 Å². The van der Waals surface area contributed by atoms with Gasteiger partial charge in [0, 0.05) is 11.1 Å². The molecule has 0 aliphatic carbocycles. The van der Waals surface area contributed by atoms with Crippen LogP contribution in [0.2, 0.25) is 0 Å². The number of rotatable bonds is 2. The highest BCUT2D eigenvalue weighted by Crippen LogP contribution is 2.12. The van der Waals surface area contributed by atoms with Crippen molar-refractivity contribution in [1.29, 1.82) is 0 Å². The first-order valence-corrected chi connectivity index (χ1v) is 4.21. The Labute approximate surface area is 74.2 Å². The van der Waals surface area contributed by atoms with Gasteiger partial charge in [-0.25, -0.2) is 5.43 Å². The first-order chi connectivity index (χ1) is 5.38. The summed E-state index contributed by atoms with van der Waals surface area (Å²) >= 11 is 0. The Morgan fingerprint density at radius 2 is 1.92 bits per heavy atom. The van der Waals surface area contributed by atoms with Gasteiger partial charge in [-0.05, 0) is 13.3 Å². The van der Waals surface area contributed by atoms with Crippen LogP contribution in [0.3, 0.4) is 0 Å². The van der Waals surface area contributed by atoms with Gasteiger partial charge in [-0.2, -0.15) is 5.10 Å². The number of hydrazone groups is 1. The maximum absolute atomic E-state index is 11.3. The van der Waals surface area contributed by atoms with E-state index in [9.17, 15) is 4.79 Å². The number of amides is 1. The molecule has 0 aromatic rings. The molecule has 1 N–H and O–H groups in total. The number of hydrogen-bond donors (Lipinski definition) is 1. The molecule has 0 heterocycles. The summed E-state index contributed by atoms with van der Waals surface area (Å²) < 4.78 is 0. The van der Waals surface area contributed by atoms with Crippen molar-refractivity contribution in [2.45, 2.75) is 41.0 Å². The summed E-state index contributed by atoms with van der Waals surface area (Å²) in [5.74, 6) is -0.0460. The van der Waals surface area contributed by atoms with Crippen LogP contribution >= 0.6 is 0 Å². The number of hydrogen-bond acceptors (Lipinski definition) is 2.